The number of rotatable bonds is 8. The van der Waals surface area contributed by atoms with Gasteiger partial charge in [0.15, 0.2) is 0 Å². The van der Waals surface area contributed by atoms with Crippen molar-refractivity contribution in [2.24, 2.45) is 11.8 Å². The number of allylic oxidation sites excluding steroid dienone is 1. The van der Waals surface area contributed by atoms with Crippen LogP contribution in [0.3, 0.4) is 0 Å². The van der Waals surface area contributed by atoms with Crippen LogP contribution in [-0.2, 0) is 24.3 Å². The first-order valence-corrected chi connectivity index (χ1v) is 12.3. The maximum absolute atomic E-state index is 13.6. The van der Waals surface area contributed by atoms with Crippen molar-refractivity contribution in [3.8, 4) is 0 Å². The lowest BCUT2D eigenvalue weighted by molar-refractivity contribution is -0.127. The van der Waals surface area contributed by atoms with E-state index < -0.39 is 6.04 Å². The largest absolute Gasteiger partial charge is 0.396 e. The molecule has 5 rings (SSSR count). The molecule has 0 unspecified atom stereocenters. The van der Waals surface area contributed by atoms with Crippen LogP contribution in [0.2, 0.25) is 0 Å². The second kappa shape index (κ2) is 10.5. The summed E-state index contributed by atoms with van der Waals surface area (Å²) in [4.78, 5) is 41.2. The monoisotopic (exact) mass is 486 g/mol. The summed E-state index contributed by atoms with van der Waals surface area (Å²) in [6.45, 7) is 3.13. The molecule has 0 saturated carbocycles. The molecule has 0 aromatic carbocycles. The van der Waals surface area contributed by atoms with Crippen molar-refractivity contribution < 1.29 is 9.90 Å². The number of aromatic nitrogens is 4. The van der Waals surface area contributed by atoms with Crippen molar-refractivity contribution in [2.45, 2.75) is 38.5 Å². The summed E-state index contributed by atoms with van der Waals surface area (Å²) in [5.74, 6) is -0.497. The summed E-state index contributed by atoms with van der Waals surface area (Å²) >= 11 is 0. The van der Waals surface area contributed by atoms with E-state index in [0.29, 0.717) is 31.6 Å². The number of aliphatic hydroxyl groups excluding tert-OH is 1. The maximum Gasteiger partial charge on any atom is 0.258 e. The normalized spacial score (nSPS) is 23.1. The Hall–Kier alpha value is -3.69. The van der Waals surface area contributed by atoms with Gasteiger partial charge in [0, 0.05) is 79.7 Å². The molecule has 0 aliphatic carbocycles. The number of aliphatic hydroxyl groups is 1. The SMILES string of the molecule is C/C=C\c1ccc2n(c1=O)C[C@@H]1[C@@H](CO)[C@H](C(=O)NCCc3ccncc3)N(Cc3cncnc3)[C@H]21. The van der Waals surface area contributed by atoms with Gasteiger partial charge in [0.05, 0.1) is 12.1 Å². The van der Waals surface area contributed by atoms with Gasteiger partial charge in [-0.3, -0.25) is 19.5 Å². The molecule has 4 atom stereocenters. The number of hydrogen-bond acceptors (Lipinski definition) is 7. The topological polar surface area (TPSA) is 113 Å². The van der Waals surface area contributed by atoms with Crippen molar-refractivity contribution >= 4 is 12.0 Å². The number of pyridine rings is 2. The molecule has 0 radical (unpaired) electrons. The molecule has 0 spiro atoms. The molecule has 3 aromatic rings. The second-order valence-electron chi connectivity index (χ2n) is 9.34. The molecule has 0 bridgehead atoms. The lowest BCUT2D eigenvalue weighted by Gasteiger charge is -2.30. The molecule has 1 saturated heterocycles. The first kappa shape index (κ1) is 24.0. The minimum absolute atomic E-state index is 0.0435. The van der Waals surface area contributed by atoms with Crippen molar-refractivity contribution in [3.05, 3.63) is 94.2 Å². The zero-order valence-corrected chi connectivity index (χ0v) is 20.2. The molecule has 186 valence electrons. The molecular weight excluding hydrogens is 456 g/mol. The molecule has 9 heteroatoms. The molecule has 36 heavy (non-hydrogen) atoms. The average Bonchev–Trinajstić information content (AvgIpc) is 3.42. The van der Waals surface area contributed by atoms with Crippen molar-refractivity contribution in [2.75, 3.05) is 13.2 Å². The number of nitrogens with one attached hydrogen (secondary N) is 1. The highest BCUT2D eigenvalue weighted by atomic mass is 16.3. The van der Waals surface area contributed by atoms with Gasteiger partial charge in [-0.2, -0.15) is 0 Å². The van der Waals surface area contributed by atoms with Gasteiger partial charge in [-0.15, -0.1) is 0 Å². The first-order chi connectivity index (χ1) is 17.6. The number of fused-ring (bicyclic) bond motifs is 3. The number of amides is 1. The number of likely N-dealkylation sites (tertiary alicyclic amines) is 1. The average molecular weight is 487 g/mol. The quantitative estimate of drug-likeness (QED) is 0.497. The Kier molecular flexibility index (Phi) is 7.02. The third kappa shape index (κ3) is 4.47. The van der Waals surface area contributed by atoms with E-state index in [1.165, 1.54) is 6.33 Å². The van der Waals surface area contributed by atoms with Crippen LogP contribution in [0, 0.1) is 11.8 Å². The molecule has 1 fully saturated rings. The van der Waals surface area contributed by atoms with Crippen LogP contribution in [-0.4, -0.2) is 54.6 Å². The molecule has 2 aliphatic heterocycles. The zero-order chi connectivity index (χ0) is 25.1. The van der Waals surface area contributed by atoms with E-state index in [0.717, 1.165) is 16.8 Å². The summed E-state index contributed by atoms with van der Waals surface area (Å²) in [6, 6.07) is 6.97. The minimum atomic E-state index is -0.540. The fourth-order valence-electron chi connectivity index (χ4n) is 5.71. The maximum atomic E-state index is 13.6. The molecule has 9 nitrogen and oxygen atoms in total. The summed E-state index contributed by atoms with van der Waals surface area (Å²) in [5, 5.41) is 13.6. The Morgan fingerprint density at radius 1 is 1.14 bits per heavy atom. The van der Waals surface area contributed by atoms with Crippen molar-refractivity contribution in [3.63, 3.8) is 0 Å². The van der Waals surface area contributed by atoms with Crippen LogP contribution >= 0.6 is 0 Å². The molecule has 3 aromatic heterocycles. The number of carbonyl (C=O) groups is 1. The Labute approximate surface area is 209 Å². The summed E-state index contributed by atoms with van der Waals surface area (Å²) in [5.41, 5.74) is 3.43. The molecular formula is C27H30N6O3. The minimum Gasteiger partial charge on any atom is -0.396 e. The van der Waals surface area contributed by atoms with Gasteiger partial charge in [0.25, 0.3) is 5.56 Å². The van der Waals surface area contributed by atoms with E-state index in [1.54, 1.807) is 29.4 Å². The van der Waals surface area contributed by atoms with Gasteiger partial charge in [0.1, 0.15) is 6.33 Å². The van der Waals surface area contributed by atoms with Gasteiger partial charge in [-0.05, 0) is 43.2 Å². The van der Waals surface area contributed by atoms with Crippen molar-refractivity contribution in [1.82, 2.24) is 29.7 Å². The Balaban J connectivity index is 1.46. The highest BCUT2D eigenvalue weighted by Crippen LogP contribution is 2.49. The standard InChI is InChI=1S/C27H30N6O3/c1-2-3-20-4-5-23-24-21(15-32(23)27(20)36)22(16-34)25(33(24)14-19-12-29-17-30-13-19)26(35)31-11-8-18-6-9-28-10-7-18/h2-7,9-10,12-13,17,21-22,24-25,34H,8,11,14-16H2,1H3,(H,31,35)/b3-2-/t21-,22-,24+,25-/m1/s1. The molecule has 5 heterocycles. The van der Waals surface area contributed by atoms with Crippen LogP contribution in [0.15, 0.2) is 66.3 Å². The van der Waals surface area contributed by atoms with Crippen LogP contribution < -0.4 is 10.9 Å². The van der Waals surface area contributed by atoms with Gasteiger partial charge in [0.2, 0.25) is 5.91 Å². The summed E-state index contributed by atoms with van der Waals surface area (Å²) in [7, 11) is 0. The Bertz CT molecular complexity index is 1290. The van der Waals surface area contributed by atoms with Crippen LogP contribution in [0.4, 0.5) is 0 Å². The Morgan fingerprint density at radius 3 is 2.64 bits per heavy atom. The van der Waals surface area contributed by atoms with E-state index in [2.05, 4.69) is 25.2 Å². The van der Waals surface area contributed by atoms with E-state index >= 15 is 0 Å². The first-order valence-electron chi connectivity index (χ1n) is 12.3. The number of carbonyl (C=O) groups excluding carboxylic acids is 1. The lowest BCUT2D eigenvalue weighted by Crippen LogP contribution is -2.48. The smallest absolute Gasteiger partial charge is 0.258 e. The van der Waals surface area contributed by atoms with Crippen LogP contribution in [0.5, 0.6) is 0 Å². The zero-order valence-electron chi connectivity index (χ0n) is 20.2. The molecule has 2 aliphatic rings. The fraction of sp³-hybridized carbons (Fsp3) is 0.370. The molecule has 1 amide bonds. The highest BCUT2D eigenvalue weighted by molar-refractivity contribution is 5.82. The third-order valence-corrected chi connectivity index (χ3v) is 7.28. The lowest BCUT2D eigenvalue weighted by atomic mass is 9.88. The van der Waals surface area contributed by atoms with Crippen molar-refractivity contribution in [1.29, 1.82) is 0 Å². The van der Waals surface area contributed by atoms with Gasteiger partial charge >= 0.3 is 0 Å². The van der Waals surface area contributed by atoms with E-state index in [-0.39, 0.29) is 36.0 Å². The fourth-order valence-corrected chi connectivity index (χ4v) is 5.71. The number of nitrogens with zero attached hydrogens (tertiary/aromatic N) is 5. The van der Waals surface area contributed by atoms with Gasteiger partial charge < -0.3 is 15.0 Å². The number of hydrogen-bond donors (Lipinski definition) is 2. The highest BCUT2D eigenvalue weighted by Gasteiger charge is 2.55. The summed E-state index contributed by atoms with van der Waals surface area (Å²) in [6.07, 6.45) is 12.8. The predicted molar refractivity (Wildman–Crippen MR) is 135 cm³/mol. The summed E-state index contributed by atoms with van der Waals surface area (Å²) < 4.78 is 1.80. The van der Waals surface area contributed by atoms with E-state index in [4.69, 9.17) is 0 Å². The van der Waals surface area contributed by atoms with E-state index in [9.17, 15) is 14.7 Å². The Morgan fingerprint density at radius 2 is 1.92 bits per heavy atom. The van der Waals surface area contributed by atoms with Gasteiger partial charge in [-0.25, -0.2) is 9.97 Å². The van der Waals surface area contributed by atoms with Crippen LogP contribution in [0.1, 0.15) is 35.3 Å². The molecule has 2 N–H and O–H groups in total. The second-order valence-corrected chi connectivity index (χ2v) is 9.34. The van der Waals surface area contributed by atoms with Gasteiger partial charge in [-0.1, -0.05) is 12.2 Å². The van der Waals surface area contributed by atoms with Crippen LogP contribution in [0.25, 0.3) is 6.08 Å². The third-order valence-electron chi connectivity index (χ3n) is 7.28. The predicted octanol–water partition coefficient (Wildman–Crippen LogP) is 1.59. The van der Waals surface area contributed by atoms with E-state index in [1.807, 2.05) is 43.3 Å².